The molecule has 0 saturated heterocycles. The summed E-state index contributed by atoms with van der Waals surface area (Å²) in [5.41, 5.74) is 3.49. The van der Waals surface area contributed by atoms with Crippen molar-refractivity contribution in [3.8, 4) is 28.6 Å². The minimum Gasteiger partial charge on any atom is -0.457 e. The van der Waals surface area contributed by atoms with E-state index in [2.05, 4.69) is 15.5 Å². The van der Waals surface area contributed by atoms with Gasteiger partial charge in [0.05, 0.1) is 10.8 Å². The van der Waals surface area contributed by atoms with Crippen molar-refractivity contribution < 1.29 is 9.53 Å². The number of aromatic nitrogens is 3. The number of carbonyl (C=O) groups excluding carboxylic acids is 1. The Bertz CT molecular complexity index is 1500. The van der Waals surface area contributed by atoms with Gasteiger partial charge < -0.3 is 10.1 Å². The first-order valence-corrected chi connectivity index (χ1v) is 13.0. The van der Waals surface area contributed by atoms with Gasteiger partial charge in [-0.1, -0.05) is 71.4 Å². The maximum absolute atomic E-state index is 12.7. The lowest BCUT2D eigenvalue weighted by atomic mass is 10.2. The highest BCUT2D eigenvalue weighted by atomic mass is 35.5. The minimum absolute atomic E-state index is 0.153. The molecule has 0 aliphatic rings. The van der Waals surface area contributed by atoms with Gasteiger partial charge >= 0.3 is 0 Å². The van der Waals surface area contributed by atoms with Crippen LogP contribution in [-0.4, -0.2) is 26.4 Å². The van der Waals surface area contributed by atoms with Crippen molar-refractivity contribution in [1.82, 2.24) is 14.8 Å². The zero-order chi connectivity index (χ0) is 25.6. The van der Waals surface area contributed by atoms with Crippen LogP contribution in [0.25, 0.3) is 17.1 Å². The molecule has 37 heavy (non-hydrogen) atoms. The van der Waals surface area contributed by atoms with E-state index < -0.39 is 0 Å². The molecule has 0 bridgehead atoms. The number of nitrogens with one attached hydrogen (secondary N) is 1. The quantitative estimate of drug-likeness (QED) is 0.213. The molecule has 1 N–H and O–H groups in total. The molecule has 0 radical (unpaired) electrons. The molecule has 0 atom stereocenters. The van der Waals surface area contributed by atoms with Gasteiger partial charge in [0.2, 0.25) is 5.91 Å². The number of hydrogen-bond donors (Lipinski definition) is 1. The molecule has 8 heteroatoms. The summed E-state index contributed by atoms with van der Waals surface area (Å²) in [4.78, 5) is 12.7. The largest absolute Gasteiger partial charge is 0.457 e. The van der Waals surface area contributed by atoms with E-state index in [1.807, 2.05) is 115 Å². The third kappa shape index (κ3) is 6.02. The van der Waals surface area contributed by atoms with Gasteiger partial charge in [-0.2, -0.15) is 0 Å². The van der Waals surface area contributed by atoms with Crippen LogP contribution >= 0.6 is 23.4 Å². The maximum Gasteiger partial charge on any atom is 0.234 e. The van der Waals surface area contributed by atoms with E-state index >= 15 is 0 Å². The van der Waals surface area contributed by atoms with E-state index in [4.69, 9.17) is 16.3 Å². The number of nitrogens with zero attached hydrogens (tertiary/aromatic N) is 3. The molecule has 4 aromatic carbocycles. The van der Waals surface area contributed by atoms with Crippen molar-refractivity contribution >= 4 is 35.0 Å². The van der Waals surface area contributed by atoms with Crippen LogP contribution < -0.4 is 10.1 Å². The first kappa shape index (κ1) is 24.6. The van der Waals surface area contributed by atoms with E-state index in [1.165, 1.54) is 11.8 Å². The van der Waals surface area contributed by atoms with E-state index in [0.717, 1.165) is 22.6 Å². The van der Waals surface area contributed by atoms with Crippen LogP contribution in [0.3, 0.4) is 0 Å². The van der Waals surface area contributed by atoms with E-state index in [-0.39, 0.29) is 11.7 Å². The molecular formula is C29H23ClN4O2S. The number of halogens is 1. The molecule has 5 rings (SSSR count). The second-order valence-corrected chi connectivity index (χ2v) is 9.58. The molecule has 0 unspecified atom stereocenters. The predicted molar refractivity (Wildman–Crippen MR) is 149 cm³/mol. The Hall–Kier alpha value is -4.07. The van der Waals surface area contributed by atoms with Crippen molar-refractivity contribution in [1.29, 1.82) is 0 Å². The molecule has 0 spiro atoms. The summed E-state index contributed by atoms with van der Waals surface area (Å²) >= 11 is 7.78. The van der Waals surface area contributed by atoms with Gasteiger partial charge in [0.15, 0.2) is 11.0 Å². The number of rotatable bonds is 8. The van der Waals surface area contributed by atoms with Crippen LogP contribution in [0.4, 0.5) is 5.69 Å². The van der Waals surface area contributed by atoms with Gasteiger partial charge in [0.1, 0.15) is 11.5 Å². The Labute approximate surface area is 224 Å². The van der Waals surface area contributed by atoms with Crippen LogP contribution in [0.5, 0.6) is 11.5 Å². The molecule has 0 aliphatic carbocycles. The fraction of sp³-hybridized carbons (Fsp3) is 0.0690. The van der Waals surface area contributed by atoms with Gasteiger partial charge in [0, 0.05) is 16.9 Å². The zero-order valence-electron chi connectivity index (χ0n) is 20.0. The number of para-hydroxylation sites is 1. The number of hydrogen-bond acceptors (Lipinski definition) is 5. The van der Waals surface area contributed by atoms with Crippen LogP contribution in [0, 0.1) is 6.92 Å². The average molecular weight is 527 g/mol. The lowest BCUT2D eigenvalue weighted by molar-refractivity contribution is -0.113. The Morgan fingerprint density at radius 1 is 0.865 bits per heavy atom. The second-order valence-electron chi connectivity index (χ2n) is 8.23. The lowest BCUT2D eigenvalue weighted by Gasteiger charge is -2.12. The molecule has 6 nitrogen and oxygen atoms in total. The van der Waals surface area contributed by atoms with Crippen molar-refractivity contribution in [2.75, 3.05) is 11.1 Å². The van der Waals surface area contributed by atoms with E-state index in [9.17, 15) is 4.79 Å². The summed E-state index contributed by atoms with van der Waals surface area (Å²) in [5.74, 6) is 2.07. The van der Waals surface area contributed by atoms with Crippen LogP contribution in [0.2, 0.25) is 5.02 Å². The summed E-state index contributed by atoms with van der Waals surface area (Å²) in [6.45, 7) is 2.03. The van der Waals surface area contributed by atoms with E-state index in [0.29, 0.717) is 27.4 Å². The first-order chi connectivity index (χ1) is 18.1. The lowest BCUT2D eigenvalue weighted by Crippen LogP contribution is -2.14. The molecule has 0 fully saturated rings. The summed E-state index contributed by atoms with van der Waals surface area (Å²) in [6, 6.07) is 32.4. The molecule has 0 saturated carbocycles. The monoisotopic (exact) mass is 526 g/mol. The van der Waals surface area contributed by atoms with Gasteiger partial charge in [-0.3, -0.25) is 9.36 Å². The summed E-state index contributed by atoms with van der Waals surface area (Å²) in [6.07, 6.45) is 0. The number of benzene rings is 4. The topological polar surface area (TPSA) is 69.0 Å². The van der Waals surface area contributed by atoms with Gasteiger partial charge in [0.25, 0.3) is 0 Å². The highest BCUT2D eigenvalue weighted by Gasteiger charge is 2.19. The van der Waals surface area contributed by atoms with Crippen molar-refractivity contribution in [2.24, 2.45) is 0 Å². The first-order valence-electron chi connectivity index (χ1n) is 11.6. The van der Waals surface area contributed by atoms with E-state index in [1.54, 1.807) is 0 Å². The summed E-state index contributed by atoms with van der Waals surface area (Å²) < 4.78 is 7.73. The molecular weight excluding hydrogens is 504 g/mol. The SMILES string of the molecule is Cc1ccc(-n2c(SCC(=O)Nc3ccc(Oc4ccccc4)cc3)nnc2-c2ccccc2Cl)cc1. The fourth-order valence-corrected chi connectivity index (χ4v) is 4.64. The Morgan fingerprint density at radius 2 is 1.54 bits per heavy atom. The Morgan fingerprint density at radius 3 is 2.27 bits per heavy atom. The highest BCUT2D eigenvalue weighted by Crippen LogP contribution is 2.32. The average Bonchev–Trinajstić information content (AvgIpc) is 3.33. The zero-order valence-corrected chi connectivity index (χ0v) is 21.5. The molecule has 1 heterocycles. The predicted octanol–water partition coefficient (Wildman–Crippen LogP) is 7.42. The molecule has 1 amide bonds. The van der Waals surface area contributed by atoms with Crippen molar-refractivity contribution in [2.45, 2.75) is 12.1 Å². The van der Waals surface area contributed by atoms with Crippen LogP contribution in [-0.2, 0) is 4.79 Å². The number of anilines is 1. The van der Waals surface area contributed by atoms with Gasteiger partial charge in [-0.15, -0.1) is 10.2 Å². The maximum atomic E-state index is 12.7. The normalized spacial score (nSPS) is 10.8. The smallest absolute Gasteiger partial charge is 0.234 e. The van der Waals surface area contributed by atoms with Crippen LogP contribution in [0.15, 0.2) is 108 Å². The van der Waals surface area contributed by atoms with Crippen molar-refractivity contribution in [3.63, 3.8) is 0 Å². The van der Waals surface area contributed by atoms with Crippen molar-refractivity contribution in [3.05, 3.63) is 114 Å². The molecule has 0 aliphatic heterocycles. The Balaban J connectivity index is 1.30. The number of thioether (sulfide) groups is 1. The highest BCUT2D eigenvalue weighted by molar-refractivity contribution is 7.99. The molecule has 5 aromatic rings. The van der Waals surface area contributed by atoms with Gasteiger partial charge in [-0.25, -0.2) is 0 Å². The third-order valence-electron chi connectivity index (χ3n) is 5.49. The number of amides is 1. The summed E-state index contributed by atoms with van der Waals surface area (Å²) in [5, 5.41) is 12.9. The summed E-state index contributed by atoms with van der Waals surface area (Å²) in [7, 11) is 0. The second kappa shape index (κ2) is 11.3. The standard InChI is InChI=1S/C29H23ClN4O2S/c1-20-11-15-22(16-12-20)34-28(25-9-5-6-10-26(25)30)32-33-29(34)37-19-27(35)31-21-13-17-24(18-14-21)36-23-7-3-2-4-8-23/h2-18H,19H2,1H3,(H,31,35). The van der Waals surface area contributed by atoms with Gasteiger partial charge in [-0.05, 0) is 67.6 Å². The Kier molecular flexibility index (Phi) is 7.54. The number of ether oxygens (including phenoxy) is 1. The number of aryl methyl sites for hydroxylation is 1. The number of carbonyl (C=O) groups is 1. The minimum atomic E-state index is -0.153. The molecule has 184 valence electrons. The van der Waals surface area contributed by atoms with Crippen LogP contribution in [0.1, 0.15) is 5.56 Å². The third-order valence-corrected chi connectivity index (χ3v) is 6.75. The fourth-order valence-electron chi connectivity index (χ4n) is 3.67. The molecule has 1 aromatic heterocycles.